The van der Waals surface area contributed by atoms with E-state index in [4.69, 9.17) is 9.47 Å². The number of esters is 1. The number of aromatic nitrogens is 3. The van der Waals surface area contributed by atoms with Crippen molar-refractivity contribution in [3.8, 4) is 16.3 Å². The Balaban J connectivity index is 1.57. The van der Waals surface area contributed by atoms with Gasteiger partial charge in [-0.15, -0.1) is 11.3 Å². The maximum absolute atomic E-state index is 15.7. The van der Waals surface area contributed by atoms with Crippen molar-refractivity contribution in [2.24, 2.45) is 0 Å². The molecule has 0 spiro atoms. The lowest BCUT2D eigenvalue weighted by Crippen LogP contribution is -2.31. The number of aryl methyl sites for hydroxylation is 1. The van der Waals surface area contributed by atoms with Gasteiger partial charge in [0.25, 0.3) is 5.91 Å². The Morgan fingerprint density at radius 3 is 2.21 bits per heavy atom. The van der Waals surface area contributed by atoms with Gasteiger partial charge in [-0.2, -0.15) is 13.2 Å². The highest BCUT2D eigenvalue weighted by molar-refractivity contribution is 7.14. The van der Waals surface area contributed by atoms with Crippen LogP contribution in [0, 0.1) is 12.7 Å². The van der Waals surface area contributed by atoms with Crippen LogP contribution in [0.25, 0.3) is 10.6 Å². The molecular formula is C29H26F4N4O4S. The molecule has 1 amide bonds. The average Bonchev–Trinajstić information content (AvgIpc) is 3.39. The molecule has 1 N–H and O–H groups in total. The summed E-state index contributed by atoms with van der Waals surface area (Å²) < 4.78 is 65.7. The summed E-state index contributed by atoms with van der Waals surface area (Å²) in [6.07, 6.45) is -2.68. The number of carbonyl (C=O) groups is 2. The van der Waals surface area contributed by atoms with Gasteiger partial charge in [0.1, 0.15) is 28.8 Å². The van der Waals surface area contributed by atoms with Crippen molar-refractivity contribution in [3.63, 3.8) is 0 Å². The summed E-state index contributed by atoms with van der Waals surface area (Å²) in [4.78, 5) is 37.3. The van der Waals surface area contributed by atoms with Crippen LogP contribution in [0.3, 0.4) is 0 Å². The molecule has 0 saturated heterocycles. The molecule has 0 aliphatic rings. The first kappa shape index (κ1) is 30.6. The molecule has 42 heavy (non-hydrogen) atoms. The maximum atomic E-state index is 15.7. The summed E-state index contributed by atoms with van der Waals surface area (Å²) in [5, 5.41) is 2.87. The third kappa shape index (κ3) is 7.27. The fourth-order valence-corrected chi connectivity index (χ4v) is 4.52. The van der Waals surface area contributed by atoms with Crippen LogP contribution in [-0.4, -0.2) is 39.0 Å². The van der Waals surface area contributed by atoms with E-state index < -0.39 is 47.9 Å². The van der Waals surface area contributed by atoms with Crippen LogP contribution < -0.4 is 10.1 Å². The number of hydrogen-bond donors (Lipinski definition) is 1. The molecule has 0 radical (unpaired) electrons. The van der Waals surface area contributed by atoms with Crippen molar-refractivity contribution < 1.29 is 36.6 Å². The van der Waals surface area contributed by atoms with E-state index in [1.54, 1.807) is 57.3 Å². The van der Waals surface area contributed by atoms with Gasteiger partial charge in [-0.1, -0.05) is 18.2 Å². The van der Waals surface area contributed by atoms with E-state index in [2.05, 4.69) is 20.3 Å². The highest BCUT2D eigenvalue weighted by Crippen LogP contribution is 2.34. The minimum Gasteiger partial charge on any atom is -0.487 e. The normalized spacial score (nSPS) is 13.6. The zero-order chi connectivity index (χ0) is 30.6. The molecule has 0 fully saturated rings. The van der Waals surface area contributed by atoms with Crippen molar-refractivity contribution in [1.29, 1.82) is 0 Å². The van der Waals surface area contributed by atoms with Crippen LogP contribution in [0.15, 0.2) is 61.1 Å². The van der Waals surface area contributed by atoms with Crippen molar-refractivity contribution in [2.75, 3.05) is 0 Å². The largest absolute Gasteiger partial charge is 0.487 e. The second kappa shape index (κ2) is 12.6. The Labute approximate surface area is 242 Å². The van der Waals surface area contributed by atoms with Crippen molar-refractivity contribution in [2.45, 2.75) is 52.1 Å². The average molecular weight is 603 g/mol. The summed E-state index contributed by atoms with van der Waals surface area (Å²) in [7, 11) is 0. The molecule has 0 saturated carbocycles. The summed E-state index contributed by atoms with van der Waals surface area (Å²) in [5.41, 5.74) is 0.187. The van der Waals surface area contributed by atoms with Crippen molar-refractivity contribution in [1.82, 2.24) is 20.3 Å². The molecule has 3 atom stereocenters. The van der Waals surface area contributed by atoms with Crippen LogP contribution in [-0.2, 0) is 10.9 Å². The van der Waals surface area contributed by atoms with Crippen molar-refractivity contribution in [3.05, 3.63) is 94.3 Å². The molecule has 0 aliphatic heterocycles. The highest BCUT2D eigenvalue weighted by Gasteiger charge is 2.34. The molecule has 2 aromatic carbocycles. The molecule has 2 heterocycles. The zero-order valence-electron chi connectivity index (χ0n) is 22.9. The number of hydrogen-bond acceptors (Lipinski definition) is 8. The van der Waals surface area contributed by atoms with E-state index in [0.717, 1.165) is 17.3 Å². The van der Waals surface area contributed by atoms with Crippen LogP contribution in [0.5, 0.6) is 5.75 Å². The maximum Gasteiger partial charge on any atom is 0.451 e. The summed E-state index contributed by atoms with van der Waals surface area (Å²) in [6.45, 7) is 6.59. The predicted molar refractivity (Wildman–Crippen MR) is 147 cm³/mol. The number of alkyl halides is 3. The van der Waals surface area contributed by atoms with Gasteiger partial charge in [0.15, 0.2) is 0 Å². The molecule has 13 heteroatoms. The molecular weight excluding hydrogens is 576 g/mol. The third-order valence-electron chi connectivity index (χ3n) is 6.20. The number of halogens is 4. The van der Waals surface area contributed by atoms with Crippen molar-refractivity contribution >= 4 is 23.2 Å². The number of carbonyl (C=O) groups excluding carboxylic acids is 2. The van der Waals surface area contributed by atoms with E-state index in [0.29, 0.717) is 10.6 Å². The van der Waals surface area contributed by atoms with E-state index in [1.807, 2.05) is 0 Å². The van der Waals surface area contributed by atoms with Gasteiger partial charge >= 0.3 is 12.1 Å². The van der Waals surface area contributed by atoms with Crippen LogP contribution in [0.2, 0.25) is 0 Å². The SMILES string of the molecule is Cc1cnc(-c2cc(O[C@H](C)[C@@H](C)OC(=O)c3ccccc3)cc(C(=O)N[C@H](C)c3cnc(C(F)(F)F)nc3)c2F)s1. The lowest BCUT2D eigenvalue weighted by Gasteiger charge is -2.23. The minimum atomic E-state index is -4.71. The molecule has 4 aromatic rings. The zero-order valence-corrected chi connectivity index (χ0v) is 23.7. The summed E-state index contributed by atoms with van der Waals surface area (Å²) in [6, 6.07) is 10.2. The van der Waals surface area contributed by atoms with E-state index in [-0.39, 0.29) is 22.4 Å². The number of ether oxygens (including phenoxy) is 2. The Bertz CT molecular complexity index is 1560. The number of rotatable bonds is 9. The lowest BCUT2D eigenvalue weighted by atomic mass is 10.1. The number of amides is 1. The number of thiazole rings is 1. The first-order valence-corrected chi connectivity index (χ1v) is 13.5. The molecule has 4 rings (SSSR count). The second-order valence-corrected chi connectivity index (χ2v) is 10.7. The molecule has 220 valence electrons. The monoisotopic (exact) mass is 602 g/mol. The van der Waals surface area contributed by atoms with Crippen LogP contribution >= 0.6 is 11.3 Å². The number of nitrogens with zero attached hydrogens (tertiary/aromatic N) is 3. The molecule has 8 nitrogen and oxygen atoms in total. The number of benzene rings is 2. The Hall–Kier alpha value is -4.39. The highest BCUT2D eigenvalue weighted by atomic mass is 32.1. The number of nitrogens with one attached hydrogen (secondary N) is 1. The Kier molecular flexibility index (Phi) is 9.20. The quantitative estimate of drug-likeness (QED) is 0.171. The Morgan fingerprint density at radius 2 is 1.62 bits per heavy atom. The summed E-state index contributed by atoms with van der Waals surface area (Å²) >= 11 is 1.21. The van der Waals surface area contributed by atoms with Gasteiger partial charge in [0.05, 0.1) is 22.7 Å². The predicted octanol–water partition coefficient (Wildman–Crippen LogP) is 6.57. The molecule has 0 unspecified atom stereocenters. The second-order valence-electron chi connectivity index (χ2n) is 9.44. The third-order valence-corrected chi connectivity index (χ3v) is 7.15. The minimum absolute atomic E-state index is 0.0161. The molecule has 0 bridgehead atoms. The van der Waals surface area contributed by atoms with Gasteiger partial charge in [-0.25, -0.2) is 24.1 Å². The van der Waals surface area contributed by atoms with Crippen LogP contribution in [0.1, 0.15) is 63.8 Å². The molecule has 2 aromatic heterocycles. The van der Waals surface area contributed by atoms with Gasteiger partial charge in [-0.3, -0.25) is 4.79 Å². The fraction of sp³-hybridized carbons (Fsp3) is 0.276. The van der Waals surface area contributed by atoms with Gasteiger partial charge in [0.2, 0.25) is 5.82 Å². The fourth-order valence-electron chi connectivity index (χ4n) is 3.75. The van der Waals surface area contributed by atoms with E-state index in [1.165, 1.54) is 30.4 Å². The molecule has 0 aliphatic carbocycles. The van der Waals surface area contributed by atoms with E-state index >= 15 is 4.39 Å². The smallest absolute Gasteiger partial charge is 0.451 e. The first-order valence-electron chi connectivity index (χ1n) is 12.7. The van der Waals surface area contributed by atoms with Gasteiger partial charge in [0, 0.05) is 29.0 Å². The van der Waals surface area contributed by atoms with Crippen LogP contribution in [0.4, 0.5) is 17.6 Å². The Morgan fingerprint density at radius 1 is 0.952 bits per heavy atom. The van der Waals surface area contributed by atoms with Gasteiger partial charge < -0.3 is 14.8 Å². The van der Waals surface area contributed by atoms with Gasteiger partial charge in [-0.05, 0) is 52.0 Å². The first-order chi connectivity index (χ1) is 19.8. The van der Waals surface area contributed by atoms with E-state index in [9.17, 15) is 22.8 Å². The summed E-state index contributed by atoms with van der Waals surface area (Å²) in [5.74, 6) is -3.46. The topological polar surface area (TPSA) is 103 Å². The lowest BCUT2D eigenvalue weighted by molar-refractivity contribution is -0.145. The standard InChI is InChI=1S/C29H26F4N4O4S/c1-15-12-34-26(42-15)23-11-21(40-17(3)18(4)41-27(39)19-8-6-5-7-9-19)10-22(24(23)30)25(38)37-16(2)20-13-35-28(36-14-20)29(31,32)33/h5-14,16-18H,1-4H3,(H,37,38)/t16-,17-,18-/m1/s1.